The molecule has 0 radical (unpaired) electrons. The Morgan fingerprint density at radius 3 is 1.75 bits per heavy atom. The van der Waals surface area contributed by atoms with Gasteiger partial charge in [-0.05, 0) is 41.0 Å². The number of aromatic nitrogens is 1. The molecule has 0 saturated carbocycles. The molecule has 3 aromatic carbocycles. The third kappa shape index (κ3) is 5.59. The number of aliphatic hydroxyl groups is 1. The van der Waals surface area contributed by atoms with E-state index in [0.29, 0.717) is 29.8 Å². The summed E-state index contributed by atoms with van der Waals surface area (Å²) in [7, 11) is 0. The molecule has 1 aromatic heterocycles. The van der Waals surface area contributed by atoms with E-state index in [4.69, 9.17) is 0 Å². The highest BCUT2D eigenvalue weighted by Gasteiger charge is 2.71. The number of benzene rings is 3. The molecule has 1 fully saturated rings. The number of aromatic amines is 1. The van der Waals surface area contributed by atoms with Gasteiger partial charge in [-0.1, -0.05) is 48.5 Å². The first kappa shape index (κ1) is 28.1. The fourth-order valence-electron chi connectivity index (χ4n) is 5.05. The quantitative estimate of drug-likeness (QED) is 0.259. The maximum atomic E-state index is 13.5. The molecule has 0 atom stereocenters. The first-order valence-electron chi connectivity index (χ1n) is 12.6. The zero-order chi connectivity index (χ0) is 28.7. The Morgan fingerprint density at radius 1 is 0.675 bits per heavy atom. The second kappa shape index (κ2) is 10.5. The summed E-state index contributed by atoms with van der Waals surface area (Å²) in [4.78, 5) is 7.95. The van der Waals surface area contributed by atoms with Crippen LogP contribution in [0.2, 0.25) is 0 Å². The van der Waals surface area contributed by atoms with E-state index in [1.807, 2.05) is 18.2 Å². The summed E-state index contributed by atoms with van der Waals surface area (Å²) >= 11 is 0. The summed E-state index contributed by atoms with van der Waals surface area (Å²) in [6.07, 6.45) is -11.8. The Balaban J connectivity index is 1.17. The zero-order valence-corrected chi connectivity index (χ0v) is 21.2. The number of hydrogen-bond acceptors (Lipinski definition) is 3. The molecule has 1 aliphatic heterocycles. The third-order valence-electron chi connectivity index (χ3n) is 7.31. The molecule has 0 bridgehead atoms. The number of nitrogens with one attached hydrogen (secondary N) is 1. The van der Waals surface area contributed by atoms with Gasteiger partial charge in [0.2, 0.25) is 0 Å². The lowest BCUT2D eigenvalue weighted by Gasteiger charge is -2.34. The van der Waals surface area contributed by atoms with E-state index in [1.54, 1.807) is 18.2 Å². The van der Waals surface area contributed by atoms with Gasteiger partial charge in [-0.3, -0.25) is 9.80 Å². The van der Waals surface area contributed by atoms with Crippen LogP contribution in [0.3, 0.4) is 0 Å². The van der Waals surface area contributed by atoms with Crippen LogP contribution in [0.25, 0.3) is 22.0 Å². The number of piperazine rings is 1. The van der Waals surface area contributed by atoms with Gasteiger partial charge in [-0.25, -0.2) is 4.39 Å². The van der Waals surface area contributed by atoms with Crippen molar-refractivity contribution in [2.45, 2.75) is 31.0 Å². The second-order valence-corrected chi connectivity index (χ2v) is 10.1. The van der Waals surface area contributed by atoms with Gasteiger partial charge in [0, 0.05) is 61.4 Å². The van der Waals surface area contributed by atoms with Gasteiger partial charge < -0.3 is 10.1 Å². The molecule has 0 amide bonds. The third-order valence-corrected chi connectivity index (χ3v) is 7.31. The normalized spacial score (nSPS) is 16.1. The number of hydrogen-bond donors (Lipinski definition) is 2. The number of nitrogens with zero attached hydrogens (tertiary/aromatic N) is 2. The van der Waals surface area contributed by atoms with Crippen LogP contribution in [0.15, 0.2) is 72.8 Å². The maximum Gasteiger partial charge on any atom is 0.430 e. The van der Waals surface area contributed by atoms with Crippen LogP contribution in [0.1, 0.15) is 16.8 Å². The van der Waals surface area contributed by atoms with Crippen LogP contribution in [-0.2, 0) is 18.7 Å². The molecule has 1 aliphatic rings. The van der Waals surface area contributed by atoms with Crippen LogP contribution < -0.4 is 0 Å². The molecule has 4 nitrogen and oxygen atoms in total. The lowest BCUT2D eigenvalue weighted by molar-refractivity contribution is -0.376. The summed E-state index contributed by atoms with van der Waals surface area (Å²) in [6, 6.07) is 17.5. The van der Waals surface area contributed by atoms with Gasteiger partial charge in [0.1, 0.15) is 5.82 Å². The number of H-pyrrole nitrogens is 1. The minimum Gasteiger partial charge on any atom is -0.369 e. The van der Waals surface area contributed by atoms with Crippen molar-refractivity contribution < 1.29 is 35.8 Å². The molecular weight excluding hydrogens is 539 g/mol. The highest BCUT2D eigenvalue weighted by Crippen LogP contribution is 2.50. The van der Waals surface area contributed by atoms with Crippen molar-refractivity contribution in [3.05, 3.63) is 95.4 Å². The van der Waals surface area contributed by atoms with Gasteiger partial charge in [0.15, 0.2) is 0 Å². The minimum atomic E-state index is -5.92. The Hall–Kier alpha value is -3.41. The van der Waals surface area contributed by atoms with E-state index in [0.717, 1.165) is 67.0 Å². The monoisotopic (exact) mass is 565 g/mol. The molecule has 2 heterocycles. The van der Waals surface area contributed by atoms with Gasteiger partial charge in [-0.2, -0.15) is 26.3 Å². The van der Waals surface area contributed by atoms with E-state index in [9.17, 15) is 35.8 Å². The summed E-state index contributed by atoms with van der Waals surface area (Å²) in [6.45, 7) is 4.84. The predicted molar refractivity (Wildman–Crippen MR) is 137 cm³/mol. The fraction of sp³-hybridized carbons (Fsp3) is 0.310. The van der Waals surface area contributed by atoms with Crippen molar-refractivity contribution in [2.75, 3.05) is 26.2 Å². The van der Waals surface area contributed by atoms with Crippen molar-refractivity contribution >= 4 is 10.9 Å². The molecule has 40 heavy (non-hydrogen) atoms. The number of halogens is 7. The summed E-state index contributed by atoms with van der Waals surface area (Å²) in [5, 5.41) is 10.4. The standard InChI is InChI=1S/C29H26F7N3O/c30-24-9-10-26-22(15-24)16-25(37-26)18-39-13-11-38(12-14-39)17-19-1-3-20(4-2-19)21-5-7-23(8-6-21)27(40,28(31,32)33)29(34,35)36/h1-10,15-16,37,40H,11-14,17-18H2. The Labute approximate surface area is 225 Å². The van der Waals surface area contributed by atoms with Crippen LogP contribution in [-0.4, -0.2) is 58.4 Å². The zero-order valence-electron chi connectivity index (χ0n) is 21.2. The molecular formula is C29H26F7N3O. The highest BCUT2D eigenvalue weighted by molar-refractivity contribution is 5.80. The first-order valence-corrected chi connectivity index (χ1v) is 12.6. The van der Waals surface area contributed by atoms with Crippen LogP contribution in [0, 0.1) is 5.82 Å². The van der Waals surface area contributed by atoms with Gasteiger partial charge in [0.05, 0.1) is 0 Å². The van der Waals surface area contributed by atoms with Crippen molar-refractivity contribution in [3.8, 4) is 11.1 Å². The van der Waals surface area contributed by atoms with E-state index < -0.39 is 23.5 Å². The van der Waals surface area contributed by atoms with Crippen molar-refractivity contribution in [2.24, 2.45) is 0 Å². The Bertz CT molecular complexity index is 1440. The van der Waals surface area contributed by atoms with Crippen LogP contribution >= 0.6 is 0 Å². The van der Waals surface area contributed by atoms with E-state index in [1.165, 1.54) is 12.1 Å². The van der Waals surface area contributed by atoms with Gasteiger partial charge in [-0.15, -0.1) is 0 Å². The van der Waals surface area contributed by atoms with E-state index >= 15 is 0 Å². The average molecular weight is 566 g/mol. The lowest BCUT2D eigenvalue weighted by atomic mass is 9.90. The predicted octanol–water partition coefficient (Wildman–Crippen LogP) is 6.60. The van der Waals surface area contributed by atoms with Gasteiger partial charge in [0.25, 0.3) is 5.60 Å². The molecule has 1 saturated heterocycles. The molecule has 212 valence electrons. The number of rotatable bonds is 6. The molecule has 0 unspecified atom stereocenters. The van der Waals surface area contributed by atoms with Crippen molar-refractivity contribution in [1.29, 1.82) is 0 Å². The largest absolute Gasteiger partial charge is 0.430 e. The van der Waals surface area contributed by atoms with Crippen molar-refractivity contribution in [1.82, 2.24) is 14.8 Å². The molecule has 0 aliphatic carbocycles. The smallest absolute Gasteiger partial charge is 0.369 e. The number of alkyl halides is 6. The summed E-state index contributed by atoms with van der Waals surface area (Å²) in [5.41, 5.74) is -2.23. The van der Waals surface area contributed by atoms with Gasteiger partial charge >= 0.3 is 12.4 Å². The summed E-state index contributed by atoms with van der Waals surface area (Å²) < 4.78 is 92.2. The topological polar surface area (TPSA) is 42.5 Å². The van der Waals surface area contributed by atoms with E-state index in [-0.39, 0.29) is 5.82 Å². The van der Waals surface area contributed by atoms with E-state index in [2.05, 4.69) is 14.8 Å². The molecule has 2 N–H and O–H groups in total. The first-order chi connectivity index (χ1) is 18.8. The maximum absolute atomic E-state index is 13.5. The molecule has 0 spiro atoms. The fourth-order valence-corrected chi connectivity index (χ4v) is 5.05. The number of fused-ring (bicyclic) bond motifs is 1. The summed E-state index contributed by atoms with van der Waals surface area (Å²) in [5.74, 6) is -0.266. The Kier molecular flexibility index (Phi) is 7.41. The SMILES string of the molecule is OC(c1ccc(-c2ccc(CN3CCN(Cc4cc5cc(F)ccc5[nH]4)CC3)cc2)cc1)(C(F)(F)F)C(F)(F)F. The Morgan fingerprint density at radius 2 is 1.20 bits per heavy atom. The van der Waals surface area contributed by atoms with Crippen LogP contribution in [0.5, 0.6) is 0 Å². The second-order valence-electron chi connectivity index (χ2n) is 10.1. The highest BCUT2D eigenvalue weighted by atomic mass is 19.4. The minimum absolute atomic E-state index is 0.266. The lowest BCUT2D eigenvalue weighted by Crippen LogP contribution is -2.53. The average Bonchev–Trinajstić information content (AvgIpc) is 3.30. The molecule has 4 aromatic rings. The molecule has 5 rings (SSSR count). The van der Waals surface area contributed by atoms with Crippen LogP contribution in [0.4, 0.5) is 30.7 Å². The van der Waals surface area contributed by atoms with Crippen molar-refractivity contribution in [3.63, 3.8) is 0 Å². The molecule has 11 heteroatoms.